The third kappa shape index (κ3) is 3.41. The summed E-state index contributed by atoms with van der Waals surface area (Å²) < 4.78 is 0. The summed E-state index contributed by atoms with van der Waals surface area (Å²) in [7, 11) is 0. The van der Waals surface area contributed by atoms with E-state index in [0.717, 1.165) is 29.8 Å². The molecule has 114 valence electrons. The van der Waals surface area contributed by atoms with Crippen molar-refractivity contribution < 1.29 is 0 Å². The van der Waals surface area contributed by atoms with Gasteiger partial charge in [0.2, 0.25) is 0 Å². The molecule has 2 heteroatoms. The highest BCUT2D eigenvalue weighted by atomic mass is 35.5. The van der Waals surface area contributed by atoms with E-state index in [1.165, 1.54) is 10.9 Å². The van der Waals surface area contributed by atoms with E-state index in [-0.39, 0.29) is 5.41 Å². The molecule has 1 N–H and O–H groups in total. The highest BCUT2D eigenvalue weighted by Gasteiger charge is 2.29. The van der Waals surface area contributed by atoms with Crippen LogP contribution in [-0.4, -0.2) is 6.54 Å². The maximum absolute atomic E-state index is 6.37. The second kappa shape index (κ2) is 6.81. The highest BCUT2D eigenvalue weighted by molar-refractivity contribution is 6.35. The minimum absolute atomic E-state index is 0.200. The second-order valence-electron chi connectivity index (χ2n) is 6.41. The molecular weight excluding hydrogens is 278 g/mol. The van der Waals surface area contributed by atoms with Gasteiger partial charge in [-0.1, -0.05) is 69.6 Å². The lowest BCUT2D eigenvalue weighted by molar-refractivity contribution is 0.236. The van der Waals surface area contributed by atoms with Crippen molar-refractivity contribution in [1.82, 2.24) is 5.32 Å². The van der Waals surface area contributed by atoms with E-state index in [9.17, 15) is 0 Å². The summed E-state index contributed by atoms with van der Waals surface area (Å²) >= 11 is 6.37. The summed E-state index contributed by atoms with van der Waals surface area (Å²) in [5, 5.41) is 6.99. The Hall–Kier alpha value is -1.05. The molecule has 2 rings (SSSR count). The number of nitrogens with one attached hydrogen (secondary N) is 1. The van der Waals surface area contributed by atoms with Crippen molar-refractivity contribution in [1.29, 1.82) is 0 Å². The molecule has 0 radical (unpaired) electrons. The summed E-state index contributed by atoms with van der Waals surface area (Å²) in [5.74, 6) is 0. The number of hydrogen-bond acceptors (Lipinski definition) is 1. The molecule has 0 fully saturated rings. The fourth-order valence-corrected chi connectivity index (χ4v) is 3.07. The minimum Gasteiger partial charge on any atom is -0.309 e. The van der Waals surface area contributed by atoms with Crippen LogP contribution in [0, 0.1) is 5.41 Å². The van der Waals surface area contributed by atoms with Gasteiger partial charge >= 0.3 is 0 Å². The van der Waals surface area contributed by atoms with Crippen LogP contribution in [0.15, 0.2) is 36.4 Å². The van der Waals surface area contributed by atoms with Gasteiger partial charge < -0.3 is 5.32 Å². The van der Waals surface area contributed by atoms with Gasteiger partial charge in [-0.25, -0.2) is 0 Å². The molecule has 0 saturated heterocycles. The first kappa shape index (κ1) is 16.3. The smallest absolute Gasteiger partial charge is 0.0484 e. The fraction of sp³-hybridized carbons (Fsp3) is 0.474. The Balaban J connectivity index is 2.57. The standard InChI is InChI=1S/C19H26ClN/c1-5-13-21-18(19(3,4)6-2)16-11-12-17(20)15-10-8-7-9-14(15)16/h7-12,18,21H,5-6,13H2,1-4H3. The van der Waals surface area contributed by atoms with E-state index in [1.54, 1.807) is 0 Å². The van der Waals surface area contributed by atoms with E-state index in [2.05, 4.69) is 63.3 Å². The number of hydrogen-bond donors (Lipinski definition) is 1. The predicted octanol–water partition coefficient (Wildman–Crippen LogP) is 5.97. The summed E-state index contributed by atoms with van der Waals surface area (Å²) in [6.45, 7) is 10.2. The van der Waals surface area contributed by atoms with Crippen molar-refractivity contribution in [3.8, 4) is 0 Å². The Labute approximate surface area is 133 Å². The lowest BCUT2D eigenvalue weighted by Crippen LogP contribution is -2.34. The van der Waals surface area contributed by atoms with Crippen LogP contribution < -0.4 is 5.32 Å². The monoisotopic (exact) mass is 303 g/mol. The molecule has 0 aromatic heterocycles. The molecular formula is C19H26ClN. The van der Waals surface area contributed by atoms with Crippen LogP contribution in [0.25, 0.3) is 10.8 Å². The van der Waals surface area contributed by atoms with Crippen LogP contribution in [0.1, 0.15) is 52.1 Å². The number of rotatable bonds is 6. The van der Waals surface area contributed by atoms with E-state index < -0.39 is 0 Å². The van der Waals surface area contributed by atoms with Gasteiger partial charge in [0.05, 0.1) is 0 Å². The molecule has 0 aliphatic rings. The summed E-state index contributed by atoms with van der Waals surface area (Å²) in [6.07, 6.45) is 2.27. The Bertz CT molecular complexity index is 604. The van der Waals surface area contributed by atoms with Crippen LogP contribution >= 0.6 is 11.6 Å². The van der Waals surface area contributed by atoms with Crippen LogP contribution in [0.5, 0.6) is 0 Å². The molecule has 1 atom stereocenters. The van der Waals surface area contributed by atoms with E-state index in [0.29, 0.717) is 6.04 Å². The van der Waals surface area contributed by atoms with Gasteiger partial charge in [0, 0.05) is 16.5 Å². The Morgan fingerprint density at radius 2 is 1.71 bits per heavy atom. The second-order valence-corrected chi connectivity index (χ2v) is 6.82. The van der Waals surface area contributed by atoms with Crippen LogP contribution in [0.4, 0.5) is 0 Å². The third-order valence-electron chi connectivity index (χ3n) is 4.51. The molecule has 0 bridgehead atoms. The zero-order chi connectivity index (χ0) is 15.5. The van der Waals surface area contributed by atoms with Crippen LogP contribution in [0.3, 0.4) is 0 Å². The summed E-state index contributed by atoms with van der Waals surface area (Å²) in [5.41, 5.74) is 1.56. The first-order valence-corrected chi connectivity index (χ1v) is 8.29. The molecule has 1 unspecified atom stereocenters. The largest absolute Gasteiger partial charge is 0.309 e. The molecule has 0 spiro atoms. The van der Waals surface area contributed by atoms with Crippen LogP contribution in [-0.2, 0) is 0 Å². The maximum atomic E-state index is 6.37. The van der Waals surface area contributed by atoms with Crippen molar-refractivity contribution in [3.05, 3.63) is 47.0 Å². The molecule has 0 heterocycles. The van der Waals surface area contributed by atoms with Gasteiger partial charge in [0.1, 0.15) is 0 Å². The maximum Gasteiger partial charge on any atom is 0.0484 e. The molecule has 2 aromatic rings. The van der Waals surface area contributed by atoms with Crippen molar-refractivity contribution in [2.75, 3.05) is 6.54 Å². The number of fused-ring (bicyclic) bond motifs is 1. The number of benzene rings is 2. The molecule has 2 aromatic carbocycles. The average Bonchev–Trinajstić information content (AvgIpc) is 2.49. The molecule has 0 amide bonds. The van der Waals surface area contributed by atoms with Gasteiger partial charge in [-0.3, -0.25) is 0 Å². The van der Waals surface area contributed by atoms with E-state index in [4.69, 9.17) is 11.6 Å². The first-order chi connectivity index (χ1) is 10.0. The highest BCUT2D eigenvalue weighted by Crippen LogP contribution is 2.40. The van der Waals surface area contributed by atoms with Crippen molar-refractivity contribution >= 4 is 22.4 Å². The normalized spacial score (nSPS) is 13.6. The van der Waals surface area contributed by atoms with Crippen LogP contribution in [0.2, 0.25) is 5.02 Å². The lowest BCUT2D eigenvalue weighted by atomic mass is 9.77. The minimum atomic E-state index is 0.200. The van der Waals surface area contributed by atoms with Gasteiger partial charge in [-0.2, -0.15) is 0 Å². The van der Waals surface area contributed by atoms with Crippen molar-refractivity contribution in [2.24, 2.45) is 5.41 Å². The predicted molar refractivity (Wildman–Crippen MR) is 94.1 cm³/mol. The molecule has 0 aliphatic heterocycles. The SMILES string of the molecule is CCCNC(c1ccc(Cl)c2ccccc12)C(C)(C)CC. The Morgan fingerprint density at radius 3 is 2.33 bits per heavy atom. The zero-order valence-electron chi connectivity index (χ0n) is 13.5. The zero-order valence-corrected chi connectivity index (χ0v) is 14.3. The molecule has 1 nitrogen and oxygen atoms in total. The number of halogens is 1. The topological polar surface area (TPSA) is 12.0 Å². The molecule has 0 aliphatic carbocycles. The molecule has 21 heavy (non-hydrogen) atoms. The van der Waals surface area contributed by atoms with Crippen molar-refractivity contribution in [2.45, 2.75) is 46.6 Å². The quantitative estimate of drug-likeness (QED) is 0.693. The Kier molecular flexibility index (Phi) is 5.29. The third-order valence-corrected chi connectivity index (χ3v) is 4.84. The Morgan fingerprint density at radius 1 is 1.05 bits per heavy atom. The summed E-state index contributed by atoms with van der Waals surface area (Å²) in [4.78, 5) is 0. The molecule has 0 saturated carbocycles. The lowest BCUT2D eigenvalue weighted by Gasteiger charge is -2.35. The average molecular weight is 304 g/mol. The van der Waals surface area contributed by atoms with Crippen molar-refractivity contribution in [3.63, 3.8) is 0 Å². The first-order valence-electron chi connectivity index (χ1n) is 7.91. The van der Waals surface area contributed by atoms with Gasteiger partial charge in [-0.15, -0.1) is 0 Å². The van der Waals surface area contributed by atoms with E-state index in [1.807, 2.05) is 6.07 Å². The van der Waals surface area contributed by atoms with Gasteiger partial charge in [0.25, 0.3) is 0 Å². The van der Waals surface area contributed by atoms with Gasteiger partial charge in [0.15, 0.2) is 0 Å². The fourth-order valence-electron chi connectivity index (χ4n) is 2.84. The van der Waals surface area contributed by atoms with Gasteiger partial charge in [-0.05, 0) is 41.8 Å². The summed E-state index contributed by atoms with van der Waals surface area (Å²) in [6, 6.07) is 13.0. The van der Waals surface area contributed by atoms with E-state index >= 15 is 0 Å².